The molecule has 1 aliphatic heterocycles. The Morgan fingerprint density at radius 3 is 2.31 bits per heavy atom. The summed E-state index contributed by atoms with van der Waals surface area (Å²) >= 11 is 0. The van der Waals surface area contributed by atoms with Crippen molar-refractivity contribution in [2.75, 3.05) is 20.2 Å². The average molecular weight is 549 g/mol. The van der Waals surface area contributed by atoms with Crippen molar-refractivity contribution in [1.29, 1.82) is 0 Å². The first-order valence-electron chi connectivity index (χ1n) is 13.6. The number of carbonyl (C=O) groups is 1. The van der Waals surface area contributed by atoms with Crippen LogP contribution in [0.3, 0.4) is 0 Å². The first-order valence-corrected chi connectivity index (χ1v) is 15.0. The van der Waals surface area contributed by atoms with Crippen LogP contribution in [-0.4, -0.2) is 49.1 Å². The molecule has 7 heteroatoms. The average Bonchev–Trinajstić information content (AvgIpc) is 2.91. The van der Waals surface area contributed by atoms with Crippen LogP contribution in [0.5, 0.6) is 5.75 Å². The molecule has 0 bridgehead atoms. The van der Waals surface area contributed by atoms with Crippen molar-refractivity contribution in [3.05, 3.63) is 94.5 Å². The number of fused-ring (bicyclic) bond motifs is 1. The minimum Gasteiger partial charge on any atom is -0.497 e. The Kier molecular flexibility index (Phi) is 8.94. The van der Waals surface area contributed by atoms with Gasteiger partial charge in [0.25, 0.3) is 0 Å². The largest absolute Gasteiger partial charge is 0.497 e. The number of sulfonamides is 1. The van der Waals surface area contributed by atoms with Gasteiger partial charge in [0.05, 0.1) is 12.0 Å². The summed E-state index contributed by atoms with van der Waals surface area (Å²) in [5.74, 6) is 0.975. The molecule has 6 nitrogen and oxygen atoms in total. The maximum atomic E-state index is 13.1. The normalized spacial score (nSPS) is 14.3. The number of methoxy groups -OCH3 is 1. The topological polar surface area (TPSA) is 66.9 Å². The molecule has 3 aromatic rings. The van der Waals surface area contributed by atoms with Crippen molar-refractivity contribution in [1.82, 2.24) is 9.21 Å². The molecule has 0 aliphatic carbocycles. The summed E-state index contributed by atoms with van der Waals surface area (Å²) < 4.78 is 33.1. The maximum Gasteiger partial charge on any atom is 0.243 e. The highest BCUT2D eigenvalue weighted by molar-refractivity contribution is 7.89. The molecule has 0 unspecified atom stereocenters. The number of ketones is 1. The van der Waals surface area contributed by atoms with Gasteiger partial charge in [0.2, 0.25) is 10.0 Å². The number of Topliss-reactive ketones (excluding diaryl/α,β-unsaturated/α-hetero) is 1. The summed E-state index contributed by atoms with van der Waals surface area (Å²) in [6.45, 7) is 10.9. The van der Waals surface area contributed by atoms with Crippen LogP contribution in [0.1, 0.15) is 66.2 Å². The van der Waals surface area contributed by atoms with Gasteiger partial charge < -0.3 is 4.74 Å². The van der Waals surface area contributed by atoms with Crippen LogP contribution in [0.2, 0.25) is 0 Å². The van der Waals surface area contributed by atoms with E-state index in [1.165, 1.54) is 9.87 Å². The third-order valence-corrected chi connectivity index (χ3v) is 9.34. The van der Waals surface area contributed by atoms with E-state index in [1.807, 2.05) is 49.4 Å². The van der Waals surface area contributed by atoms with Gasteiger partial charge in [-0.1, -0.05) is 42.0 Å². The van der Waals surface area contributed by atoms with E-state index in [1.54, 1.807) is 19.2 Å². The number of hydrogen-bond donors (Lipinski definition) is 0. The fourth-order valence-corrected chi connectivity index (χ4v) is 6.36. The van der Waals surface area contributed by atoms with Gasteiger partial charge in [-0.25, -0.2) is 8.42 Å². The molecule has 0 radical (unpaired) electrons. The minimum absolute atomic E-state index is 0.0282. The van der Waals surface area contributed by atoms with E-state index in [9.17, 15) is 13.2 Å². The lowest BCUT2D eigenvalue weighted by Crippen LogP contribution is -2.41. The highest BCUT2D eigenvalue weighted by Crippen LogP contribution is 2.27. The molecule has 0 N–H and O–H groups in total. The number of aryl methyl sites for hydroxylation is 1. The van der Waals surface area contributed by atoms with E-state index in [4.69, 9.17) is 4.74 Å². The fourth-order valence-electron chi connectivity index (χ4n) is 4.94. The van der Waals surface area contributed by atoms with Gasteiger partial charge in [-0.2, -0.15) is 4.31 Å². The van der Waals surface area contributed by atoms with Gasteiger partial charge in [-0.05, 0) is 94.1 Å². The molecule has 0 spiro atoms. The zero-order valence-electron chi connectivity index (χ0n) is 23.7. The van der Waals surface area contributed by atoms with E-state index in [-0.39, 0.29) is 11.3 Å². The molecule has 0 saturated carbocycles. The van der Waals surface area contributed by atoms with Crippen LogP contribution in [0, 0.1) is 6.92 Å². The van der Waals surface area contributed by atoms with Gasteiger partial charge in [-0.3, -0.25) is 9.69 Å². The molecule has 0 saturated heterocycles. The van der Waals surface area contributed by atoms with E-state index in [0.717, 1.165) is 42.0 Å². The molecule has 1 heterocycles. The summed E-state index contributed by atoms with van der Waals surface area (Å²) in [4.78, 5) is 15.8. The first-order chi connectivity index (χ1) is 18.5. The van der Waals surface area contributed by atoms with Gasteiger partial charge in [0.1, 0.15) is 5.75 Å². The third kappa shape index (κ3) is 7.15. The Morgan fingerprint density at radius 2 is 1.67 bits per heavy atom. The van der Waals surface area contributed by atoms with Crippen molar-refractivity contribution >= 4 is 15.8 Å². The molecule has 208 valence electrons. The lowest BCUT2D eigenvalue weighted by atomic mass is 9.95. The van der Waals surface area contributed by atoms with Gasteiger partial charge in [-0.15, -0.1) is 0 Å². The monoisotopic (exact) mass is 548 g/mol. The second-order valence-corrected chi connectivity index (χ2v) is 13.3. The number of nitrogens with zero attached hydrogens (tertiary/aromatic N) is 2. The van der Waals surface area contributed by atoms with Crippen LogP contribution in [0.4, 0.5) is 0 Å². The number of hydrogen-bond acceptors (Lipinski definition) is 5. The predicted molar refractivity (Wildman–Crippen MR) is 156 cm³/mol. The predicted octanol–water partition coefficient (Wildman–Crippen LogP) is 6.01. The standard InChI is InChI=1S/C32H40N2O4S/c1-24-8-16-30(17-9-24)39(36,37)34-20-18-26-21-27(12-13-28(26)23-34)31(35)7-6-19-33(32(2,3)4)22-25-10-14-29(38-5)15-11-25/h8-17,21H,6-7,18-20,22-23H2,1-5H3. The number of ether oxygens (including phenoxy) is 1. The molecule has 0 aromatic heterocycles. The van der Waals surface area contributed by atoms with Crippen LogP contribution in [0.25, 0.3) is 0 Å². The van der Waals surface area contributed by atoms with E-state index < -0.39 is 10.0 Å². The molecule has 4 rings (SSSR count). The number of rotatable bonds is 10. The van der Waals surface area contributed by atoms with Crippen molar-refractivity contribution in [3.8, 4) is 5.75 Å². The van der Waals surface area contributed by atoms with Gasteiger partial charge in [0, 0.05) is 37.2 Å². The van der Waals surface area contributed by atoms with Gasteiger partial charge >= 0.3 is 0 Å². The Labute approximate surface area is 233 Å². The number of carbonyl (C=O) groups excluding carboxylic acids is 1. The summed E-state index contributed by atoms with van der Waals surface area (Å²) in [6, 6.07) is 20.8. The SMILES string of the molecule is COc1ccc(CN(CCCC(=O)c2ccc3c(c2)CCN(S(=O)(=O)c2ccc(C)cc2)C3)C(C)(C)C)cc1. The molecular weight excluding hydrogens is 508 g/mol. The lowest BCUT2D eigenvalue weighted by Gasteiger charge is -2.36. The Bertz CT molecular complexity index is 1390. The van der Waals surface area contributed by atoms with Crippen molar-refractivity contribution < 1.29 is 17.9 Å². The molecule has 0 atom stereocenters. The highest BCUT2D eigenvalue weighted by Gasteiger charge is 2.29. The van der Waals surface area contributed by atoms with Crippen LogP contribution < -0.4 is 4.74 Å². The van der Waals surface area contributed by atoms with E-state index in [2.05, 4.69) is 37.8 Å². The van der Waals surface area contributed by atoms with Crippen LogP contribution in [0.15, 0.2) is 71.6 Å². The molecule has 0 amide bonds. The summed E-state index contributed by atoms with van der Waals surface area (Å²) in [7, 11) is -1.88. The second-order valence-electron chi connectivity index (χ2n) is 11.4. The Balaban J connectivity index is 1.36. The zero-order valence-corrected chi connectivity index (χ0v) is 24.6. The Morgan fingerprint density at radius 1 is 0.974 bits per heavy atom. The molecular formula is C32H40N2O4S. The summed E-state index contributed by atoms with van der Waals surface area (Å²) in [5, 5.41) is 0. The summed E-state index contributed by atoms with van der Waals surface area (Å²) in [6.07, 6.45) is 1.84. The van der Waals surface area contributed by atoms with Gasteiger partial charge in [0.15, 0.2) is 5.78 Å². The Hall–Kier alpha value is -3.00. The fraction of sp³-hybridized carbons (Fsp3) is 0.406. The molecule has 1 aliphatic rings. The third-order valence-electron chi connectivity index (χ3n) is 7.48. The number of benzene rings is 3. The quantitative estimate of drug-likeness (QED) is 0.290. The first kappa shape index (κ1) is 29.0. The second kappa shape index (κ2) is 12.0. The minimum atomic E-state index is -3.55. The van der Waals surface area contributed by atoms with Crippen molar-refractivity contribution in [2.24, 2.45) is 0 Å². The smallest absolute Gasteiger partial charge is 0.243 e. The van der Waals surface area contributed by atoms with Crippen molar-refractivity contribution in [3.63, 3.8) is 0 Å². The van der Waals surface area contributed by atoms with E-state index in [0.29, 0.717) is 36.4 Å². The lowest BCUT2D eigenvalue weighted by molar-refractivity contribution is 0.0945. The zero-order chi connectivity index (χ0) is 28.2. The molecule has 3 aromatic carbocycles. The van der Waals surface area contributed by atoms with E-state index >= 15 is 0 Å². The molecule has 0 fully saturated rings. The highest BCUT2D eigenvalue weighted by atomic mass is 32.2. The molecule has 39 heavy (non-hydrogen) atoms. The summed E-state index contributed by atoms with van der Waals surface area (Å²) in [5.41, 5.74) is 4.95. The van der Waals surface area contributed by atoms with Crippen LogP contribution in [-0.2, 0) is 29.5 Å². The van der Waals surface area contributed by atoms with Crippen molar-refractivity contribution in [2.45, 2.75) is 70.5 Å². The maximum absolute atomic E-state index is 13.1. The van der Waals surface area contributed by atoms with Crippen LogP contribution >= 0.6 is 0 Å².